The lowest BCUT2D eigenvalue weighted by atomic mass is 10.4. The number of nitrogens with zero attached hydrogens (tertiary/aromatic N) is 3. The van der Waals surface area contributed by atoms with Crippen LogP contribution in [0.5, 0.6) is 0 Å². The third kappa shape index (κ3) is 3.55. The molecule has 2 heterocycles. The minimum absolute atomic E-state index is 0.130. The van der Waals surface area contributed by atoms with Crippen molar-refractivity contribution in [3.63, 3.8) is 0 Å². The van der Waals surface area contributed by atoms with Gasteiger partial charge in [-0.25, -0.2) is 8.96 Å². The number of nitrogens with one attached hydrogen (secondary N) is 2. The van der Waals surface area contributed by atoms with Crippen molar-refractivity contribution in [1.29, 1.82) is 0 Å². The van der Waals surface area contributed by atoms with Crippen LogP contribution in [-0.2, 0) is 10.2 Å². The maximum atomic E-state index is 11.8. The summed E-state index contributed by atoms with van der Waals surface area (Å²) < 4.78 is 25.7. The van der Waals surface area contributed by atoms with Gasteiger partial charge in [0, 0.05) is 20.3 Å². The maximum Gasteiger partial charge on any atom is 0.308 e. The van der Waals surface area contributed by atoms with E-state index in [1.165, 1.54) is 26.6 Å². The zero-order valence-corrected chi connectivity index (χ0v) is 12.9. The molecule has 2 aromatic heterocycles. The van der Waals surface area contributed by atoms with Crippen molar-refractivity contribution in [3.05, 3.63) is 42.2 Å². The number of hydrogen-bond acceptors (Lipinski definition) is 4. The zero-order chi connectivity index (χ0) is 16.2. The molecular formula is C13H15N5O3S. The van der Waals surface area contributed by atoms with Gasteiger partial charge in [0.05, 0.1) is 12.7 Å². The molecule has 22 heavy (non-hydrogen) atoms. The van der Waals surface area contributed by atoms with E-state index in [-0.39, 0.29) is 12.5 Å². The normalized spacial score (nSPS) is 11.0. The lowest BCUT2D eigenvalue weighted by molar-refractivity contribution is 0.0954. The summed E-state index contributed by atoms with van der Waals surface area (Å²) in [6, 6.07) is 3.37. The number of imidazole rings is 1. The van der Waals surface area contributed by atoms with Crippen LogP contribution in [0.2, 0.25) is 0 Å². The second-order valence-corrected chi connectivity index (χ2v) is 6.49. The third-order valence-corrected chi connectivity index (χ3v) is 4.34. The predicted molar refractivity (Wildman–Crippen MR) is 80.2 cm³/mol. The van der Waals surface area contributed by atoms with Crippen LogP contribution in [0.1, 0.15) is 16.2 Å². The summed E-state index contributed by atoms with van der Waals surface area (Å²) in [5.41, 5.74) is 0.753. The highest BCUT2D eigenvalue weighted by Gasteiger charge is 2.15. The third-order valence-electron chi connectivity index (χ3n) is 2.68. The molecule has 0 saturated heterocycles. The van der Waals surface area contributed by atoms with Crippen LogP contribution >= 0.6 is 0 Å². The molecule has 0 radical (unpaired) electrons. The molecule has 9 heteroatoms. The van der Waals surface area contributed by atoms with Crippen LogP contribution < -0.4 is 5.32 Å². The Balaban J connectivity index is 1.96. The molecule has 0 fully saturated rings. The van der Waals surface area contributed by atoms with Crippen molar-refractivity contribution in [2.45, 2.75) is 0 Å². The molecule has 0 spiro atoms. The largest absolute Gasteiger partial charge is 0.357 e. The number of rotatable bonds is 4. The molecule has 0 aliphatic carbocycles. The first-order chi connectivity index (χ1) is 10.4. The number of hydrogen-bond donors (Lipinski definition) is 2. The highest BCUT2D eigenvalue weighted by Crippen LogP contribution is 2.02. The summed E-state index contributed by atoms with van der Waals surface area (Å²) in [6.07, 6.45) is 4.14. The van der Waals surface area contributed by atoms with Crippen LogP contribution in [0, 0.1) is 11.8 Å². The lowest BCUT2D eigenvalue weighted by Crippen LogP contribution is -2.27. The van der Waals surface area contributed by atoms with Gasteiger partial charge in [0.25, 0.3) is 5.91 Å². The zero-order valence-electron chi connectivity index (χ0n) is 12.1. The van der Waals surface area contributed by atoms with E-state index in [0.29, 0.717) is 11.4 Å². The number of carbonyl (C=O) groups is 1. The Hall–Kier alpha value is -2.57. The molecule has 2 N–H and O–H groups in total. The predicted octanol–water partition coefficient (Wildman–Crippen LogP) is -0.353. The molecule has 0 bridgehead atoms. The van der Waals surface area contributed by atoms with Gasteiger partial charge in [0.1, 0.15) is 17.7 Å². The molecule has 1 amide bonds. The Morgan fingerprint density at radius 1 is 1.50 bits per heavy atom. The molecule has 2 aromatic rings. The molecule has 2 rings (SSSR count). The fourth-order valence-electron chi connectivity index (χ4n) is 1.51. The second kappa shape index (κ2) is 6.46. The van der Waals surface area contributed by atoms with Gasteiger partial charge < -0.3 is 10.3 Å². The molecular weight excluding hydrogens is 306 g/mol. The number of aromatic nitrogens is 3. The Kier molecular flexibility index (Phi) is 4.65. The first kappa shape index (κ1) is 15.8. The summed E-state index contributed by atoms with van der Waals surface area (Å²) >= 11 is 0. The molecule has 0 unspecified atom stereocenters. The lowest BCUT2D eigenvalue weighted by Gasteiger charge is -2.10. The molecule has 116 valence electrons. The van der Waals surface area contributed by atoms with Crippen LogP contribution in [0.15, 0.2) is 30.9 Å². The highest BCUT2D eigenvalue weighted by atomic mass is 32.2. The minimum Gasteiger partial charge on any atom is -0.357 e. The molecule has 8 nitrogen and oxygen atoms in total. The highest BCUT2D eigenvalue weighted by molar-refractivity contribution is 7.87. The summed E-state index contributed by atoms with van der Waals surface area (Å²) in [7, 11) is -0.729. The van der Waals surface area contributed by atoms with Gasteiger partial charge in [-0.3, -0.25) is 4.79 Å². The van der Waals surface area contributed by atoms with Gasteiger partial charge in [0.2, 0.25) is 0 Å². The van der Waals surface area contributed by atoms with Crippen LogP contribution in [0.25, 0.3) is 0 Å². The van der Waals surface area contributed by atoms with Crippen molar-refractivity contribution in [1.82, 2.24) is 23.6 Å². The Morgan fingerprint density at radius 2 is 2.27 bits per heavy atom. The average Bonchev–Trinajstić information content (AvgIpc) is 3.14. The van der Waals surface area contributed by atoms with Gasteiger partial charge in [-0.2, -0.15) is 12.7 Å². The molecule has 0 aromatic carbocycles. The minimum atomic E-state index is -3.58. The van der Waals surface area contributed by atoms with E-state index in [1.807, 2.05) is 0 Å². The molecule has 0 saturated carbocycles. The van der Waals surface area contributed by atoms with Crippen molar-refractivity contribution >= 4 is 16.1 Å². The Bertz CT molecular complexity index is 809. The summed E-state index contributed by atoms with van der Waals surface area (Å²) in [4.78, 5) is 18.3. The van der Waals surface area contributed by atoms with Gasteiger partial charge in [0.15, 0.2) is 0 Å². The molecule has 0 atom stereocenters. The van der Waals surface area contributed by atoms with Crippen LogP contribution in [-0.4, -0.2) is 53.2 Å². The maximum absolute atomic E-state index is 11.8. The fourth-order valence-corrected chi connectivity index (χ4v) is 2.29. The van der Waals surface area contributed by atoms with Gasteiger partial charge in [-0.05, 0) is 18.1 Å². The van der Waals surface area contributed by atoms with Crippen LogP contribution in [0.4, 0.5) is 0 Å². The topological polar surface area (TPSA) is 100 Å². The van der Waals surface area contributed by atoms with Gasteiger partial charge in [-0.1, -0.05) is 5.92 Å². The van der Waals surface area contributed by atoms with E-state index in [2.05, 4.69) is 27.1 Å². The summed E-state index contributed by atoms with van der Waals surface area (Å²) in [5, 5.41) is 2.61. The number of amides is 1. The van der Waals surface area contributed by atoms with Gasteiger partial charge in [-0.15, -0.1) is 0 Å². The van der Waals surface area contributed by atoms with Crippen molar-refractivity contribution in [2.24, 2.45) is 0 Å². The van der Waals surface area contributed by atoms with Crippen molar-refractivity contribution < 1.29 is 13.2 Å². The van der Waals surface area contributed by atoms with Crippen molar-refractivity contribution in [3.8, 4) is 11.8 Å². The summed E-state index contributed by atoms with van der Waals surface area (Å²) in [6.45, 7) is 0.130. The molecule has 0 aliphatic rings. The van der Waals surface area contributed by atoms with E-state index in [9.17, 15) is 13.2 Å². The Morgan fingerprint density at radius 3 is 2.91 bits per heavy atom. The van der Waals surface area contributed by atoms with Crippen LogP contribution in [0.3, 0.4) is 0 Å². The number of carbonyl (C=O) groups excluding carboxylic acids is 1. The van der Waals surface area contributed by atoms with E-state index in [1.54, 1.807) is 18.3 Å². The number of aromatic amines is 1. The van der Waals surface area contributed by atoms with Gasteiger partial charge >= 0.3 is 10.2 Å². The average molecular weight is 321 g/mol. The first-order valence-electron chi connectivity index (χ1n) is 6.29. The quantitative estimate of drug-likeness (QED) is 0.752. The van der Waals surface area contributed by atoms with E-state index in [0.717, 1.165) is 8.28 Å². The van der Waals surface area contributed by atoms with Crippen molar-refractivity contribution in [2.75, 3.05) is 20.6 Å². The SMILES string of the molecule is CN(C)S(=O)(=O)n1cnc(C#CCNC(=O)c2ccc[nH]2)c1. The van der Waals surface area contributed by atoms with E-state index >= 15 is 0 Å². The Labute approximate surface area is 128 Å². The summed E-state index contributed by atoms with van der Waals surface area (Å²) in [5.74, 6) is 5.13. The fraction of sp³-hybridized carbons (Fsp3) is 0.231. The monoisotopic (exact) mass is 321 g/mol. The first-order valence-corrected chi connectivity index (χ1v) is 7.68. The second-order valence-electron chi connectivity index (χ2n) is 4.45. The number of H-pyrrole nitrogens is 1. The standard InChI is InChI=1S/C13H15N5O3S/c1-17(2)22(20,21)18-9-11(16-10-18)5-3-8-15-13(19)12-6-4-7-14-12/h4,6-7,9-10,14H,8H2,1-2H3,(H,15,19). The molecule has 0 aliphatic heterocycles. The smallest absolute Gasteiger partial charge is 0.308 e. The van der Waals surface area contributed by atoms with E-state index in [4.69, 9.17) is 0 Å². The van der Waals surface area contributed by atoms with E-state index < -0.39 is 10.2 Å².